The first kappa shape index (κ1) is 19.7. The first-order valence-corrected chi connectivity index (χ1v) is 9.64. The van der Waals surface area contributed by atoms with E-state index in [-0.39, 0.29) is 24.0 Å². The molecule has 4 rings (SSSR count). The molecule has 30 heavy (non-hydrogen) atoms. The molecular formula is C19H16BrN7O3. The number of fused-ring (bicyclic) bond motifs is 1. The fourth-order valence-corrected chi connectivity index (χ4v) is 3.46. The van der Waals surface area contributed by atoms with Crippen molar-refractivity contribution in [3.05, 3.63) is 63.5 Å². The minimum atomic E-state index is -0.360. The summed E-state index contributed by atoms with van der Waals surface area (Å²) >= 11 is 3.26. The van der Waals surface area contributed by atoms with Gasteiger partial charge < -0.3 is 10.1 Å². The second-order valence-electron chi connectivity index (χ2n) is 6.45. The van der Waals surface area contributed by atoms with Crippen LogP contribution < -0.4 is 15.6 Å². The lowest BCUT2D eigenvalue weighted by atomic mass is 10.2. The van der Waals surface area contributed by atoms with Crippen LogP contribution in [0.3, 0.4) is 0 Å². The fourth-order valence-electron chi connectivity index (χ4n) is 2.88. The van der Waals surface area contributed by atoms with E-state index in [1.807, 2.05) is 6.92 Å². The van der Waals surface area contributed by atoms with Crippen molar-refractivity contribution < 1.29 is 9.53 Å². The minimum absolute atomic E-state index is 0.182. The van der Waals surface area contributed by atoms with Gasteiger partial charge in [-0.1, -0.05) is 0 Å². The van der Waals surface area contributed by atoms with Gasteiger partial charge >= 0.3 is 6.01 Å². The molecular weight excluding hydrogens is 454 g/mol. The third kappa shape index (κ3) is 3.92. The van der Waals surface area contributed by atoms with E-state index in [9.17, 15) is 9.59 Å². The summed E-state index contributed by atoms with van der Waals surface area (Å²) in [4.78, 5) is 37.4. The van der Waals surface area contributed by atoms with Crippen LogP contribution in [0.4, 0.5) is 5.69 Å². The van der Waals surface area contributed by atoms with Gasteiger partial charge in [-0.05, 0) is 52.7 Å². The van der Waals surface area contributed by atoms with Crippen LogP contribution in [0.2, 0.25) is 0 Å². The molecule has 10 nitrogen and oxygen atoms in total. The number of nitrogens with one attached hydrogen (secondary N) is 1. The van der Waals surface area contributed by atoms with Crippen LogP contribution in [0, 0.1) is 6.92 Å². The number of benzene rings is 1. The van der Waals surface area contributed by atoms with Gasteiger partial charge in [0, 0.05) is 25.1 Å². The number of aryl methyl sites for hydroxylation is 2. The van der Waals surface area contributed by atoms with Crippen molar-refractivity contribution in [2.24, 2.45) is 7.05 Å². The molecule has 11 heteroatoms. The van der Waals surface area contributed by atoms with E-state index in [0.717, 1.165) is 5.56 Å². The zero-order valence-electron chi connectivity index (χ0n) is 16.0. The average Bonchev–Trinajstić information content (AvgIpc) is 3.01. The molecule has 0 aliphatic rings. The molecule has 1 amide bonds. The van der Waals surface area contributed by atoms with Crippen molar-refractivity contribution >= 4 is 38.6 Å². The molecule has 0 aliphatic heterocycles. The third-order valence-electron chi connectivity index (χ3n) is 4.31. The molecule has 1 N–H and O–H groups in total. The summed E-state index contributed by atoms with van der Waals surface area (Å²) < 4.78 is 8.71. The van der Waals surface area contributed by atoms with Crippen LogP contribution in [-0.2, 0) is 18.4 Å². The third-order valence-corrected chi connectivity index (χ3v) is 4.86. The molecule has 0 bridgehead atoms. The summed E-state index contributed by atoms with van der Waals surface area (Å²) in [5, 5.41) is 7.25. The van der Waals surface area contributed by atoms with E-state index in [1.54, 1.807) is 43.7 Å². The Bertz CT molecular complexity index is 1300. The van der Waals surface area contributed by atoms with Crippen LogP contribution in [0.25, 0.3) is 11.0 Å². The number of amides is 1. The SMILES string of the molecule is Cc1cc(Oc2ncccn2)ccc1NC(=O)Cn1cnc2c(c(Br)nn2C)c1=O. The van der Waals surface area contributed by atoms with Crippen molar-refractivity contribution in [2.45, 2.75) is 13.5 Å². The smallest absolute Gasteiger partial charge is 0.321 e. The van der Waals surface area contributed by atoms with Crippen molar-refractivity contribution in [2.75, 3.05) is 5.32 Å². The highest BCUT2D eigenvalue weighted by molar-refractivity contribution is 9.10. The van der Waals surface area contributed by atoms with Crippen molar-refractivity contribution in [3.63, 3.8) is 0 Å². The number of hydrogen-bond donors (Lipinski definition) is 1. The highest BCUT2D eigenvalue weighted by atomic mass is 79.9. The highest BCUT2D eigenvalue weighted by Gasteiger charge is 2.15. The molecule has 3 heterocycles. The van der Waals surface area contributed by atoms with Crippen molar-refractivity contribution in [3.8, 4) is 11.8 Å². The zero-order valence-corrected chi connectivity index (χ0v) is 17.6. The van der Waals surface area contributed by atoms with Gasteiger partial charge in [-0.2, -0.15) is 5.10 Å². The minimum Gasteiger partial charge on any atom is -0.424 e. The molecule has 0 aliphatic carbocycles. The Balaban J connectivity index is 1.49. The predicted molar refractivity (Wildman–Crippen MR) is 112 cm³/mol. The van der Waals surface area contributed by atoms with Gasteiger partial charge in [0.05, 0.1) is 0 Å². The van der Waals surface area contributed by atoms with Crippen molar-refractivity contribution in [1.82, 2.24) is 29.3 Å². The lowest BCUT2D eigenvalue weighted by Gasteiger charge is -2.11. The van der Waals surface area contributed by atoms with Gasteiger partial charge in [-0.3, -0.25) is 14.2 Å². The maximum Gasteiger partial charge on any atom is 0.321 e. The number of carbonyl (C=O) groups excluding carboxylic acids is 1. The number of rotatable bonds is 5. The van der Waals surface area contributed by atoms with Gasteiger partial charge in [0.1, 0.15) is 28.6 Å². The first-order valence-electron chi connectivity index (χ1n) is 8.85. The molecule has 1 aromatic carbocycles. The number of nitrogens with zero attached hydrogens (tertiary/aromatic N) is 6. The second kappa shape index (κ2) is 8.03. The number of halogens is 1. The van der Waals surface area contributed by atoms with E-state index < -0.39 is 0 Å². The van der Waals surface area contributed by atoms with Gasteiger partial charge in [-0.15, -0.1) is 0 Å². The van der Waals surface area contributed by atoms with Gasteiger partial charge in [0.15, 0.2) is 5.65 Å². The van der Waals surface area contributed by atoms with E-state index >= 15 is 0 Å². The molecule has 0 spiro atoms. The second-order valence-corrected chi connectivity index (χ2v) is 7.20. The Morgan fingerprint density at radius 1 is 1.23 bits per heavy atom. The van der Waals surface area contributed by atoms with E-state index in [1.165, 1.54) is 15.6 Å². The molecule has 152 valence electrons. The van der Waals surface area contributed by atoms with E-state index in [0.29, 0.717) is 27.1 Å². The summed E-state index contributed by atoms with van der Waals surface area (Å²) in [5.74, 6) is 0.186. The lowest BCUT2D eigenvalue weighted by molar-refractivity contribution is -0.116. The molecule has 0 unspecified atom stereocenters. The van der Waals surface area contributed by atoms with Crippen LogP contribution >= 0.6 is 15.9 Å². The summed E-state index contributed by atoms with van der Waals surface area (Å²) in [7, 11) is 1.69. The van der Waals surface area contributed by atoms with E-state index in [4.69, 9.17) is 4.74 Å². The Hall–Kier alpha value is -3.60. The molecule has 0 saturated heterocycles. The quantitative estimate of drug-likeness (QED) is 0.476. The maximum atomic E-state index is 12.7. The zero-order chi connectivity index (χ0) is 21.3. The van der Waals surface area contributed by atoms with Crippen LogP contribution in [-0.4, -0.2) is 35.2 Å². The number of anilines is 1. The Labute approximate surface area is 178 Å². The molecule has 0 fully saturated rings. The number of aromatic nitrogens is 6. The van der Waals surface area contributed by atoms with Gasteiger partial charge in [0.25, 0.3) is 5.56 Å². The summed E-state index contributed by atoms with van der Waals surface area (Å²) in [6.45, 7) is 1.65. The number of carbonyl (C=O) groups is 1. The Morgan fingerprint density at radius 3 is 2.73 bits per heavy atom. The largest absolute Gasteiger partial charge is 0.424 e. The van der Waals surface area contributed by atoms with Gasteiger partial charge in [0.2, 0.25) is 5.91 Å². The molecule has 0 atom stereocenters. The van der Waals surface area contributed by atoms with Crippen LogP contribution in [0.1, 0.15) is 5.56 Å². The normalized spacial score (nSPS) is 10.9. The maximum absolute atomic E-state index is 12.7. The van der Waals surface area contributed by atoms with E-state index in [2.05, 4.69) is 41.3 Å². The lowest BCUT2D eigenvalue weighted by Crippen LogP contribution is -2.28. The Morgan fingerprint density at radius 2 is 2.00 bits per heavy atom. The monoisotopic (exact) mass is 469 g/mol. The first-order chi connectivity index (χ1) is 14.4. The number of ether oxygens (including phenoxy) is 1. The van der Waals surface area contributed by atoms with Gasteiger partial charge in [-0.25, -0.2) is 19.6 Å². The average molecular weight is 470 g/mol. The molecule has 3 aromatic heterocycles. The summed E-state index contributed by atoms with van der Waals surface area (Å²) in [5.41, 5.74) is 1.48. The molecule has 4 aromatic rings. The fraction of sp³-hybridized carbons (Fsp3) is 0.158. The van der Waals surface area contributed by atoms with Crippen LogP contribution in [0.5, 0.6) is 11.8 Å². The Kier molecular flexibility index (Phi) is 5.27. The summed E-state index contributed by atoms with van der Waals surface area (Å²) in [6.07, 6.45) is 4.51. The molecule has 0 radical (unpaired) electrons. The predicted octanol–water partition coefficient (Wildman–Crippen LogP) is 2.42. The standard InChI is InChI=1S/C19H16BrN7O3/c1-11-8-12(30-19-21-6-3-7-22-19)4-5-13(11)24-14(28)9-27-10-23-17-15(18(27)29)16(20)25-26(17)2/h3-8,10H,9H2,1-2H3,(H,24,28). The topological polar surface area (TPSA) is 117 Å². The molecule has 0 saturated carbocycles. The van der Waals surface area contributed by atoms with Crippen LogP contribution in [0.15, 0.2) is 52.4 Å². The number of hydrogen-bond acceptors (Lipinski definition) is 7. The highest BCUT2D eigenvalue weighted by Crippen LogP contribution is 2.24. The summed E-state index contributed by atoms with van der Waals surface area (Å²) in [6, 6.07) is 7.11. The van der Waals surface area contributed by atoms with Crippen molar-refractivity contribution in [1.29, 1.82) is 0 Å².